The van der Waals surface area contributed by atoms with Crippen molar-refractivity contribution in [3.8, 4) is 0 Å². The Bertz CT molecular complexity index is 410. The smallest absolute Gasteiger partial charge is 0.153 e. The van der Waals surface area contributed by atoms with Gasteiger partial charge in [0.1, 0.15) is 0 Å². The molecule has 19 heavy (non-hydrogen) atoms. The Labute approximate surface area is 115 Å². The minimum Gasteiger partial charge on any atom is -0.409 e. The van der Waals surface area contributed by atoms with Gasteiger partial charge in [0.15, 0.2) is 5.84 Å². The van der Waals surface area contributed by atoms with Crippen LogP contribution in [0.25, 0.3) is 0 Å². The van der Waals surface area contributed by atoms with E-state index >= 15 is 0 Å². The van der Waals surface area contributed by atoms with Gasteiger partial charge < -0.3 is 10.9 Å². The summed E-state index contributed by atoms with van der Waals surface area (Å²) in [6.45, 7) is 9.86. The van der Waals surface area contributed by atoms with E-state index in [0.717, 1.165) is 6.54 Å². The molecule has 4 heteroatoms. The Morgan fingerprint density at radius 1 is 1.21 bits per heavy atom. The zero-order valence-electron chi connectivity index (χ0n) is 12.3. The zero-order chi connectivity index (χ0) is 14.4. The fourth-order valence-corrected chi connectivity index (χ4v) is 1.90. The normalized spacial score (nSPS) is 12.7. The highest BCUT2D eigenvalue weighted by molar-refractivity contribution is 5.81. The van der Waals surface area contributed by atoms with Gasteiger partial charge in [-0.15, -0.1) is 0 Å². The highest BCUT2D eigenvalue weighted by Crippen LogP contribution is 2.16. The lowest BCUT2D eigenvalue weighted by atomic mass is 10.0. The maximum atomic E-state index is 8.67. The van der Waals surface area contributed by atoms with Crippen LogP contribution in [0.15, 0.2) is 29.4 Å². The molecule has 0 radical (unpaired) electrons. The third kappa shape index (κ3) is 4.91. The van der Waals surface area contributed by atoms with E-state index in [1.165, 1.54) is 11.1 Å². The zero-order valence-corrected chi connectivity index (χ0v) is 12.3. The lowest BCUT2D eigenvalue weighted by Crippen LogP contribution is -2.38. The van der Waals surface area contributed by atoms with Crippen molar-refractivity contribution in [1.29, 1.82) is 0 Å². The molecular weight excluding hydrogens is 238 g/mol. The number of hydrogen-bond acceptors (Lipinski definition) is 3. The van der Waals surface area contributed by atoms with Gasteiger partial charge in [-0.05, 0) is 30.9 Å². The lowest BCUT2D eigenvalue weighted by Gasteiger charge is -2.25. The summed E-state index contributed by atoms with van der Waals surface area (Å²) < 4.78 is 0. The maximum absolute atomic E-state index is 8.67. The average molecular weight is 263 g/mol. The van der Waals surface area contributed by atoms with Crippen molar-refractivity contribution in [3.63, 3.8) is 0 Å². The number of nitrogens with zero attached hydrogens (tertiary/aromatic N) is 2. The Balaban J connectivity index is 2.73. The molecule has 1 aromatic carbocycles. The number of oxime groups is 1. The third-order valence-electron chi connectivity index (χ3n) is 3.26. The van der Waals surface area contributed by atoms with Crippen LogP contribution in [0.3, 0.4) is 0 Å². The van der Waals surface area contributed by atoms with Crippen molar-refractivity contribution in [2.75, 3.05) is 6.54 Å². The largest absolute Gasteiger partial charge is 0.409 e. The number of nitrogens with two attached hydrogens (primary N) is 1. The maximum Gasteiger partial charge on any atom is 0.153 e. The van der Waals surface area contributed by atoms with Crippen molar-refractivity contribution >= 4 is 5.84 Å². The number of rotatable bonds is 6. The Hall–Kier alpha value is -1.55. The van der Waals surface area contributed by atoms with Crippen LogP contribution in [0.2, 0.25) is 0 Å². The summed E-state index contributed by atoms with van der Waals surface area (Å²) >= 11 is 0. The van der Waals surface area contributed by atoms with Gasteiger partial charge in [-0.3, -0.25) is 4.90 Å². The number of hydrogen-bond donors (Lipinski definition) is 2. The van der Waals surface area contributed by atoms with Crippen LogP contribution in [-0.4, -0.2) is 28.5 Å². The molecule has 0 heterocycles. The van der Waals surface area contributed by atoms with Gasteiger partial charge in [0, 0.05) is 12.6 Å². The average Bonchev–Trinajstić information content (AvgIpc) is 2.38. The quantitative estimate of drug-likeness (QED) is 0.359. The van der Waals surface area contributed by atoms with E-state index in [2.05, 4.69) is 62.0 Å². The molecule has 0 fully saturated rings. The molecule has 0 bridgehead atoms. The van der Waals surface area contributed by atoms with Crippen LogP contribution in [0.4, 0.5) is 0 Å². The predicted molar refractivity (Wildman–Crippen MR) is 79.5 cm³/mol. The van der Waals surface area contributed by atoms with E-state index in [1.54, 1.807) is 0 Å². The molecule has 0 saturated carbocycles. The van der Waals surface area contributed by atoms with Crippen molar-refractivity contribution in [1.82, 2.24) is 4.90 Å². The highest BCUT2D eigenvalue weighted by atomic mass is 16.4. The summed E-state index contributed by atoms with van der Waals surface area (Å²) in [7, 11) is 0. The predicted octanol–water partition coefficient (Wildman–Crippen LogP) is 2.77. The first-order valence-corrected chi connectivity index (χ1v) is 6.73. The van der Waals surface area contributed by atoms with E-state index in [4.69, 9.17) is 10.9 Å². The van der Waals surface area contributed by atoms with E-state index < -0.39 is 0 Å². The lowest BCUT2D eigenvalue weighted by molar-refractivity contribution is 0.238. The van der Waals surface area contributed by atoms with E-state index in [0.29, 0.717) is 18.5 Å². The Morgan fingerprint density at radius 3 is 2.21 bits per heavy atom. The van der Waals surface area contributed by atoms with Gasteiger partial charge in [-0.25, -0.2) is 0 Å². The summed E-state index contributed by atoms with van der Waals surface area (Å²) in [5.74, 6) is 0.792. The topological polar surface area (TPSA) is 61.8 Å². The first-order chi connectivity index (χ1) is 8.93. The highest BCUT2D eigenvalue weighted by Gasteiger charge is 2.12. The molecule has 0 aliphatic heterocycles. The molecule has 0 amide bonds. The summed E-state index contributed by atoms with van der Waals surface area (Å²) in [6.07, 6.45) is 0. The van der Waals surface area contributed by atoms with Gasteiger partial charge in [0.05, 0.1) is 6.54 Å². The van der Waals surface area contributed by atoms with E-state index in [9.17, 15) is 0 Å². The first kappa shape index (κ1) is 15.5. The molecule has 0 aliphatic carbocycles. The third-order valence-corrected chi connectivity index (χ3v) is 3.26. The van der Waals surface area contributed by atoms with Crippen molar-refractivity contribution in [2.24, 2.45) is 10.9 Å². The minimum absolute atomic E-state index is 0.243. The number of amidine groups is 1. The first-order valence-electron chi connectivity index (χ1n) is 6.73. The van der Waals surface area contributed by atoms with Crippen molar-refractivity contribution in [2.45, 2.75) is 46.2 Å². The number of benzene rings is 1. The molecule has 0 aliphatic rings. The van der Waals surface area contributed by atoms with Crippen molar-refractivity contribution < 1.29 is 5.21 Å². The van der Waals surface area contributed by atoms with E-state index in [-0.39, 0.29) is 5.84 Å². The van der Waals surface area contributed by atoms with Gasteiger partial charge in [-0.2, -0.15) is 0 Å². The summed E-state index contributed by atoms with van der Waals surface area (Å²) in [5.41, 5.74) is 8.17. The van der Waals surface area contributed by atoms with Crippen molar-refractivity contribution in [3.05, 3.63) is 35.4 Å². The molecule has 0 saturated heterocycles. The van der Waals surface area contributed by atoms with Crippen LogP contribution in [-0.2, 0) is 6.54 Å². The van der Waals surface area contributed by atoms with Crippen LogP contribution in [0.5, 0.6) is 0 Å². The standard InChI is InChI=1S/C15H25N3O/c1-11(2)14-7-5-13(6-8-14)9-18(12(3)4)10-15(16)17-19/h5-8,11-12,19H,9-10H2,1-4H3,(H2,16,17). The molecule has 0 aromatic heterocycles. The second-order valence-corrected chi connectivity index (χ2v) is 5.49. The fourth-order valence-electron chi connectivity index (χ4n) is 1.90. The Morgan fingerprint density at radius 2 is 1.79 bits per heavy atom. The summed E-state index contributed by atoms with van der Waals surface area (Å²) in [4.78, 5) is 2.17. The molecule has 3 N–H and O–H groups in total. The molecule has 0 spiro atoms. The molecule has 0 atom stereocenters. The van der Waals surface area contributed by atoms with E-state index in [1.807, 2.05) is 0 Å². The molecular formula is C15H25N3O. The fraction of sp³-hybridized carbons (Fsp3) is 0.533. The van der Waals surface area contributed by atoms with Gasteiger partial charge >= 0.3 is 0 Å². The van der Waals surface area contributed by atoms with Gasteiger partial charge in [0.2, 0.25) is 0 Å². The molecule has 1 rings (SSSR count). The second kappa shape index (κ2) is 7.14. The van der Waals surface area contributed by atoms with Crippen LogP contribution >= 0.6 is 0 Å². The van der Waals surface area contributed by atoms with Crippen LogP contribution in [0.1, 0.15) is 44.7 Å². The minimum atomic E-state index is 0.243. The van der Waals surface area contributed by atoms with Gasteiger partial charge in [-0.1, -0.05) is 43.3 Å². The summed E-state index contributed by atoms with van der Waals surface area (Å²) in [5, 5.41) is 11.7. The SMILES string of the molecule is CC(C)c1ccc(CN(CC(N)=NO)C(C)C)cc1. The van der Waals surface area contributed by atoms with Gasteiger partial charge in [0.25, 0.3) is 0 Å². The summed E-state index contributed by atoms with van der Waals surface area (Å²) in [6, 6.07) is 8.97. The molecule has 0 unspecified atom stereocenters. The molecule has 4 nitrogen and oxygen atoms in total. The van der Waals surface area contributed by atoms with Crippen LogP contribution < -0.4 is 5.73 Å². The second-order valence-electron chi connectivity index (χ2n) is 5.49. The molecule has 1 aromatic rings. The Kier molecular flexibility index (Phi) is 5.83. The van der Waals surface area contributed by atoms with Crippen LogP contribution in [0, 0.1) is 0 Å². The molecule has 106 valence electrons. The monoisotopic (exact) mass is 263 g/mol.